The molecule has 1 saturated heterocycles. The van der Waals surface area contributed by atoms with Crippen molar-refractivity contribution in [1.29, 1.82) is 0 Å². The molecule has 4 unspecified atom stereocenters. The number of carbonyl (C=O) groups is 2. The monoisotopic (exact) mass is 613 g/mol. The lowest BCUT2D eigenvalue weighted by Crippen LogP contribution is -2.48. The lowest BCUT2D eigenvalue weighted by molar-refractivity contribution is -0.0373. The molecule has 2 bridgehead atoms. The number of ketones is 1. The topological polar surface area (TPSA) is 66.8 Å². The van der Waals surface area contributed by atoms with Crippen LogP contribution in [0.4, 0.5) is 4.79 Å². The number of carbonyl (C=O) groups excluding carboxylic acids is 2. The maximum atomic E-state index is 14.2. The molecule has 4 aromatic carbocycles. The average molecular weight is 614 g/mol. The van der Waals surface area contributed by atoms with Crippen LogP contribution in [0.5, 0.6) is 0 Å². The molecule has 1 N–H and O–H groups in total. The highest BCUT2D eigenvalue weighted by molar-refractivity contribution is 6.10. The first kappa shape index (κ1) is 30.4. The summed E-state index contributed by atoms with van der Waals surface area (Å²) < 4.78 is 6.56. The van der Waals surface area contributed by atoms with Crippen LogP contribution in [0.15, 0.2) is 103 Å². The summed E-state index contributed by atoms with van der Waals surface area (Å²) in [6, 6.07) is 30.3. The van der Waals surface area contributed by atoms with Gasteiger partial charge in [0.15, 0.2) is 5.78 Å². The number of fused-ring (bicyclic) bond motifs is 9. The summed E-state index contributed by atoms with van der Waals surface area (Å²) in [5.41, 5.74) is 4.67. The van der Waals surface area contributed by atoms with Crippen LogP contribution in [0.3, 0.4) is 0 Å². The molecule has 5 nitrogen and oxygen atoms in total. The lowest BCUT2D eigenvalue weighted by atomic mass is 9.64. The van der Waals surface area contributed by atoms with E-state index in [2.05, 4.69) is 62.4 Å². The van der Waals surface area contributed by atoms with Crippen molar-refractivity contribution in [3.8, 4) is 0 Å². The largest absolute Gasteiger partial charge is 0.440 e. The van der Waals surface area contributed by atoms with Crippen molar-refractivity contribution in [2.45, 2.75) is 83.0 Å². The van der Waals surface area contributed by atoms with E-state index in [0.717, 1.165) is 59.6 Å². The molecule has 1 aliphatic heterocycles. The maximum Gasteiger partial charge on any atom is 0.410 e. The molecule has 8 rings (SSSR count). The van der Waals surface area contributed by atoms with Gasteiger partial charge >= 0.3 is 6.09 Å². The normalized spacial score (nSPS) is 26.5. The van der Waals surface area contributed by atoms with Gasteiger partial charge in [0.1, 0.15) is 5.60 Å². The zero-order chi connectivity index (χ0) is 31.9. The second-order valence-electron chi connectivity index (χ2n) is 14.0. The quantitative estimate of drug-likeness (QED) is 0.185. The van der Waals surface area contributed by atoms with Crippen LogP contribution in [0.1, 0.15) is 90.9 Å². The fourth-order valence-electron chi connectivity index (χ4n) is 8.49. The number of nitrogens with zero attached hydrogens (tertiary/aromatic N) is 1. The van der Waals surface area contributed by atoms with Crippen LogP contribution in [0.2, 0.25) is 0 Å². The fourth-order valence-corrected chi connectivity index (χ4v) is 8.49. The zero-order valence-corrected chi connectivity index (χ0v) is 26.9. The van der Waals surface area contributed by atoms with Crippen molar-refractivity contribution < 1.29 is 19.4 Å². The highest BCUT2D eigenvalue weighted by Gasteiger charge is 2.64. The van der Waals surface area contributed by atoms with E-state index in [1.54, 1.807) is 0 Å². The first-order valence-electron chi connectivity index (χ1n) is 16.8. The minimum absolute atomic E-state index is 0.000858. The molecule has 1 heterocycles. The second kappa shape index (κ2) is 12.2. The van der Waals surface area contributed by atoms with E-state index >= 15 is 0 Å². The predicted molar refractivity (Wildman–Crippen MR) is 182 cm³/mol. The molecule has 2 fully saturated rings. The minimum Gasteiger partial charge on any atom is -0.440 e. The molecule has 0 radical (unpaired) electrons. The van der Waals surface area contributed by atoms with Gasteiger partial charge in [-0.2, -0.15) is 0 Å². The third-order valence-corrected chi connectivity index (χ3v) is 11.1. The molecule has 0 aromatic heterocycles. The first-order chi connectivity index (χ1) is 22.3. The summed E-state index contributed by atoms with van der Waals surface area (Å²) in [5, 5.41) is 13.2. The van der Waals surface area contributed by atoms with Gasteiger partial charge in [-0.25, -0.2) is 4.79 Å². The van der Waals surface area contributed by atoms with Crippen molar-refractivity contribution in [2.75, 3.05) is 6.54 Å². The van der Waals surface area contributed by atoms with Crippen LogP contribution in [0, 0.1) is 5.41 Å². The van der Waals surface area contributed by atoms with Crippen molar-refractivity contribution >= 4 is 22.6 Å². The van der Waals surface area contributed by atoms with Gasteiger partial charge in [0.25, 0.3) is 0 Å². The summed E-state index contributed by atoms with van der Waals surface area (Å²) in [6.07, 6.45) is 6.83. The number of hydrogen-bond acceptors (Lipinski definition) is 4. The molecule has 1 amide bonds. The van der Waals surface area contributed by atoms with E-state index in [9.17, 15) is 14.7 Å². The molecule has 3 aliphatic carbocycles. The SMILES string of the molecule is CC1=CCCC2(C)C(CCC23CN(Cc2cccc4ccccc24)C(=O)O3)c2ccc(cc2C(=O)c2ccccc2)CC(O)CC1. The van der Waals surface area contributed by atoms with E-state index in [0.29, 0.717) is 37.1 Å². The maximum absolute atomic E-state index is 14.2. The average Bonchev–Trinajstić information content (AvgIpc) is 3.53. The summed E-state index contributed by atoms with van der Waals surface area (Å²) in [6.45, 7) is 5.46. The Morgan fingerprint density at radius 3 is 2.59 bits per heavy atom. The molecule has 4 aromatic rings. The van der Waals surface area contributed by atoms with E-state index in [4.69, 9.17) is 4.74 Å². The zero-order valence-electron chi connectivity index (χ0n) is 26.9. The van der Waals surface area contributed by atoms with Gasteiger partial charge in [0.2, 0.25) is 0 Å². The van der Waals surface area contributed by atoms with E-state index in [1.165, 1.54) is 5.57 Å². The third kappa shape index (κ3) is 5.45. The van der Waals surface area contributed by atoms with Gasteiger partial charge in [-0.15, -0.1) is 0 Å². The lowest BCUT2D eigenvalue weighted by Gasteiger charge is -2.43. The number of benzene rings is 4. The highest BCUT2D eigenvalue weighted by Crippen LogP contribution is 2.62. The van der Waals surface area contributed by atoms with Crippen molar-refractivity contribution in [3.05, 3.63) is 130 Å². The highest BCUT2D eigenvalue weighted by atomic mass is 16.6. The Bertz CT molecular complexity index is 1810. The summed E-state index contributed by atoms with van der Waals surface area (Å²) >= 11 is 0. The standard InChI is InChI=1S/C41H43NO4/c1-28-10-9-22-40(2)37(35-20-18-29(24-33(43)19-17-28)25-36(35)38(44)31-12-4-3-5-13-31)21-23-41(40)27-42(39(45)46-41)26-32-15-8-14-30-11-6-7-16-34(30)32/h3-8,10-16,18,20,25,33,37,43H,9,17,19,21-24,26-27H2,1-2H3. The van der Waals surface area contributed by atoms with Crippen LogP contribution in [-0.2, 0) is 17.7 Å². The molecule has 1 spiro atoms. The third-order valence-electron chi connectivity index (χ3n) is 11.1. The molecular weight excluding hydrogens is 570 g/mol. The minimum atomic E-state index is -0.667. The van der Waals surface area contributed by atoms with Gasteiger partial charge in [-0.05, 0) is 91.3 Å². The van der Waals surface area contributed by atoms with Crippen molar-refractivity contribution in [3.63, 3.8) is 0 Å². The van der Waals surface area contributed by atoms with E-state index < -0.39 is 17.1 Å². The van der Waals surface area contributed by atoms with Gasteiger partial charge in [-0.3, -0.25) is 9.69 Å². The molecule has 4 atom stereocenters. The summed E-state index contributed by atoms with van der Waals surface area (Å²) in [5.74, 6) is 0.0233. The Morgan fingerprint density at radius 2 is 1.74 bits per heavy atom. The number of hydrogen-bond donors (Lipinski definition) is 1. The Morgan fingerprint density at radius 1 is 0.957 bits per heavy atom. The number of ether oxygens (including phenoxy) is 1. The van der Waals surface area contributed by atoms with E-state index in [-0.39, 0.29) is 17.8 Å². The van der Waals surface area contributed by atoms with Gasteiger partial charge < -0.3 is 9.84 Å². The van der Waals surface area contributed by atoms with Crippen LogP contribution < -0.4 is 0 Å². The molecule has 1 saturated carbocycles. The van der Waals surface area contributed by atoms with Gasteiger partial charge in [0, 0.05) is 23.1 Å². The van der Waals surface area contributed by atoms with Gasteiger partial charge in [-0.1, -0.05) is 104 Å². The van der Waals surface area contributed by atoms with Crippen molar-refractivity contribution in [2.24, 2.45) is 5.41 Å². The number of allylic oxidation sites excluding steroid dienone is 2. The van der Waals surface area contributed by atoms with Crippen LogP contribution in [0.25, 0.3) is 10.8 Å². The molecule has 4 aliphatic rings. The molecule has 236 valence electrons. The number of amides is 1. The van der Waals surface area contributed by atoms with Crippen LogP contribution in [-0.4, -0.2) is 40.1 Å². The van der Waals surface area contributed by atoms with E-state index in [1.807, 2.05) is 53.4 Å². The first-order valence-corrected chi connectivity index (χ1v) is 16.8. The fraction of sp³-hybridized carbons (Fsp3) is 0.366. The number of aliphatic hydroxyl groups is 1. The van der Waals surface area contributed by atoms with Gasteiger partial charge in [0.05, 0.1) is 12.6 Å². The Labute approximate surface area is 271 Å². The summed E-state index contributed by atoms with van der Waals surface area (Å²) in [7, 11) is 0. The Hall–Kier alpha value is -4.22. The Balaban J connectivity index is 1.29. The predicted octanol–water partition coefficient (Wildman–Crippen LogP) is 8.77. The smallest absolute Gasteiger partial charge is 0.410 e. The number of rotatable bonds is 4. The number of aliphatic hydroxyl groups excluding tert-OH is 1. The van der Waals surface area contributed by atoms with Crippen molar-refractivity contribution in [1.82, 2.24) is 4.90 Å². The molecule has 5 heteroatoms. The molecular formula is C41H43NO4. The Kier molecular flexibility index (Phi) is 8.06. The summed E-state index contributed by atoms with van der Waals surface area (Å²) in [4.78, 5) is 29.8. The van der Waals surface area contributed by atoms with Crippen LogP contribution >= 0.6 is 0 Å². The molecule has 46 heavy (non-hydrogen) atoms. The second-order valence-corrected chi connectivity index (χ2v) is 14.0.